The lowest BCUT2D eigenvalue weighted by Gasteiger charge is -1.89. The van der Waals surface area contributed by atoms with Crippen molar-refractivity contribution in [2.45, 2.75) is 12.5 Å². The van der Waals surface area contributed by atoms with Gasteiger partial charge in [-0.2, -0.15) is 0 Å². The Morgan fingerprint density at radius 2 is 1.85 bits per heavy atom. The average molecular weight is 192 g/mol. The summed E-state index contributed by atoms with van der Waals surface area (Å²) >= 11 is 0. The molecule has 0 saturated carbocycles. The van der Waals surface area contributed by atoms with Gasteiger partial charge >= 0.3 is 11.9 Å². The Morgan fingerprint density at radius 3 is 1.85 bits per heavy atom. The lowest BCUT2D eigenvalue weighted by Crippen LogP contribution is -2.31. The predicted octanol–water partition coefficient (Wildman–Crippen LogP) is -1.98. The van der Waals surface area contributed by atoms with Crippen molar-refractivity contribution in [3.05, 3.63) is 0 Å². The van der Waals surface area contributed by atoms with Crippen LogP contribution in [0.4, 0.5) is 0 Å². The van der Waals surface area contributed by atoms with Gasteiger partial charge in [0.15, 0.2) is 6.04 Å². The van der Waals surface area contributed by atoms with Crippen LogP contribution in [0.3, 0.4) is 0 Å². The van der Waals surface area contributed by atoms with Crippen molar-refractivity contribution in [1.82, 2.24) is 0 Å². The summed E-state index contributed by atoms with van der Waals surface area (Å²) in [5.41, 5.74) is 9.50. The molecular weight excluding hydrogens is 180 g/mol. The first-order valence-corrected chi connectivity index (χ1v) is 3.31. The maximum atomic E-state index is 9.57. The zero-order chi connectivity index (χ0) is 10.9. The van der Waals surface area contributed by atoms with Crippen LogP contribution in [0.25, 0.3) is 0 Å². The second kappa shape index (κ2) is 8.62. The number of hydrogen-bond acceptors (Lipinski definition) is 5. The van der Waals surface area contributed by atoms with Crippen molar-refractivity contribution in [2.75, 3.05) is 6.54 Å². The number of nitrogens with two attached hydrogens (primary N) is 2. The van der Waals surface area contributed by atoms with Gasteiger partial charge in [-0.15, -0.1) is 0 Å². The third kappa shape index (κ3) is 13.5. The van der Waals surface area contributed by atoms with E-state index in [2.05, 4.69) is 5.73 Å². The Labute approximate surface area is 74.3 Å². The highest BCUT2D eigenvalue weighted by Gasteiger charge is 2.06. The summed E-state index contributed by atoms with van der Waals surface area (Å²) in [6, 6.07) is -1.36. The molecule has 0 aromatic carbocycles. The van der Waals surface area contributed by atoms with Gasteiger partial charge in [0.05, 0.1) is 6.42 Å². The number of rotatable bonds is 4. The van der Waals surface area contributed by atoms with Gasteiger partial charge in [-0.3, -0.25) is 9.59 Å². The molecule has 0 aliphatic rings. The van der Waals surface area contributed by atoms with Crippen molar-refractivity contribution in [2.24, 2.45) is 11.5 Å². The fourth-order valence-corrected chi connectivity index (χ4v) is 0.182. The number of aldehydes is 1. The van der Waals surface area contributed by atoms with E-state index in [1.807, 2.05) is 0 Å². The monoisotopic (exact) mass is 192 g/mol. The summed E-state index contributed by atoms with van der Waals surface area (Å²) in [5.74, 6) is -2.13. The minimum absolute atomic E-state index is 0.0694. The van der Waals surface area contributed by atoms with Gasteiger partial charge in [-0.1, -0.05) is 0 Å². The van der Waals surface area contributed by atoms with E-state index in [0.717, 1.165) is 0 Å². The number of carbonyl (C=O) groups excluding carboxylic acids is 1. The molecule has 0 aromatic heterocycles. The number of carboxylic acid groups (broad SMARTS) is 2. The first kappa shape index (κ1) is 14.1. The molecule has 0 rings (SSSR count). The first-order valence-electron chi connectivity index (χ1n) is 3.31. The highest BCUT2D eigenvalue weighted by atomic mass is 16.4. The average Bonchev–Trinajstić information content (AvgIpc) is 2.03. The van der Waals surface area contributed by atoms with Crippen molar-refractivity contribution in [3.63, 3.8) is 0 Å². The third-order valence-electron chi connectivity index (χ3n) is 0.790. The molecule has 0 heterocycles. The van der Waals surface area contributed by atoms with Crippen LogP contribution in [-0.4, -0.2) is 41.0 Å². The lowest BCUT2D eigenvalue weighted by molar-refractivity contribution is -0.140. The normalized spacial score (nSPS) is 10.6. The Balaban J connectivity index is 0. The zero-order valence-corrected chi connectivity index (χ0v) is 6.84. The summed E-state index contributed by atoms with van der Waals surface area (Å²) in [4.78, 5) is 28.5. The molecule has 1 unspecified atom stereocenters. The number of aliphatic carboxylic acids is 2. The minimum atomic E-state index is -1.36. The van der Waals surface area contributed by atoms with E-state index < -0.39 is 18.0 Å². The van der Waals surface area contributed by atoms with Crippen LogP contribution >= 0.6 is 0 Å². The summed E-state index contributed by atoms with van der Waals surface area (Å²) in [5, 5.41) is 15.7. The third-order valence-corrected chi connectivity index (χ3v) is 0.790. The van der Waals surface area contributed by atoms with Crippen molar-refractivity contribution in [3.8, 4) is 0 Å². The van der Waals surface area contributed by atoms with Gasteiger partial charge in [0.2, 0.25) is 0 Å². The molecule has 0 aliphatic heterocycles. The van der Waals surface area contributed by atoms with E-state index in [9.17, 15) is 14.4 Å². The van der Waals surface area contributed by atoms with Crippen LogP contribution in [0.1, 0.15) is 6.42 Å². The highest BCUT2D eigenvalue weighted by Crippen LogP contribution is 1.67. The molecule has 0 aromatic rings. The van der Waals surface area contributed by atoms with Crippen molar-refractivity contribution in [1.29, 1.82) is 0 Å². The second-order valence-electron chi connectivity index (χ2n) is 1.93. The predicted molar refractivity (Wildman–Crippen MR) is 43.0 cm³/mol. The van der Waals surface area contributed by atoms with E-state index in [0.29, 0.717) is 0 Å². The summed E-state index contributed by atoms with van der Waals surface area (Å²) < 4.78 is 0. The SMILES string of the molecule is NC(C=O)C(=O)O.NCCC(=O)O. The topological polar surface area (TPSA) is 144 Å². The van der Waals surface area contributed by atoms with Gasteiger partial charge in [0.1, 0.15) is 6.29 Å². The molecule has 1 atom stereocenters. The number of hydrogen-bond donors (Lipinski definition) is 4. The highest BCUT2D eigenvalue weighted by molar-refractivity contribution is 5.90. The van der Waals surface area contributed by atoms with E-state index in [-0.39, 0.29) is 19.3 Å². The summed E-state index contributed by atoms with van der Waals surface area (Å²) in [7, 11) is 0. The van der Waals surface area contributed by atoms with E-state index in [1.54, 1.807) is 0 Å². The molecule has 0 amide bonds. The van der Waals surface area contributed by atoms with E-state index in [4.69, 9.17) is 15.9 Å². The Bertz CT molecular complexity index is 182. The van der Waals surface area contributed by atoms with Gasteiger partial charge in [-0.05, 0) is 0 Å². The fraction of sp³-hybridized carbons (Fsp3) is 0.500. The van der Waals surface area contributed by atoms with Gasteiger partial charge in [-0.25, -0.2) is 0 Å². The second-order valence-corrected chi connectivity index (χ2v) is 1.93. The Morgan fingerprint density at radius 1 is 1.38 bits per heavy atom. The summed E-state index contributed by atoms with van der Waals surface area (Å²) in [6.07, 6.45) is 0.238. The largest absolute Gasteiger partial charge is 0.481 e. The maximum absolute atomic E-state index is 9.57. The molecule has 0 fully saturated rings. The smallest absolute Gasteiger partial charge is 0.327 e. The molecule has 0 bridgehead atoms. The lowest BCUT2D eigenvalue weighted by atomic mass is 10.4. The number of carboxylic acids is 2. The molecule has 0 saturated heterocycles. The van der Waals surface area contributed by atoms with Gasteiger partial charge < -0.3 is 26.5 Å². The van der Waals surface area contributed by atoms with E-state index >= 15 is 0 Å². The van der Waals surface area contributed by atoms with Crippen molar-refractivity contribution >= 4 is 18.2 Å². The molecule has 6 N–H and O–H groups in total. The molecule has 7 nitrogen and oxygen atoms in total. The van der Waals surface area contributed by atoms with Crippen LogP contribution in [0.15, 0.2) is 0 Å². The molecular formula is C6H12N2O5. The van der Waals surface area contributed by atoms with Crippen LogP contribution in [0.5, 0.6) is 0 Å². The molecule has 0 aliphatic carbocycles. The quantitative estimate of drug-likeness (QED) is 0.298. The molecule has 13 heavy (non-hydrogen) atoms. The first-order chi connectivity index (χ1) is 5.95. The van der Waals surface area contributed by atoms with Crippen LogP contribution in [0, 0.1) is 0 Å². The molecule has 0 spiro atoms. The maximum Gasteiger partial charge on any atom is 0.327 e. The Kier molecular flexibility index (Phi) is 9.34. The molecule has 76 valence electrons. The number of carbonyl (C=O) groups is 3. The van der Waals surface area contributed by atoms with Gasteiger partial charge in [0.25, 0.3) is 0 Å². The Hall–Kier alpha value is -1.47. The summed E-state index contributed by atoms with van der Waals surface area (Å²) in [6.45, 7) is 0.231. The van der Waals surface area contributed by atoms with Crippen LogP contribution in [-0.2, 0) is 14.4 Å². The fourth-order valence-electron chi connectivity index (χ4n) is 0.182. The minimum Gasteiger partial charge on any atom is -0.481 e. The van der Waals surface area contributed by atoms with E-state index in [1.165, 1.54) is 0 Å². The van der Waals surface area contributed by atoms with Crippen molar-refractivity contribution < 1.29 is 24.6 Å². The molecule has 7 heteroatoms. The van der Waals surface area contributed by atoms with Crippen LogP contribution in [0.2, 0.25) is 0 Å². The molecule has 0 radical (unpaired) electrons. The van der Waals surface area contributed by atoms with Crippen LogP contribution < -0.4 is 11.5 Å². The van der Waals surface area contributed by atoms with Gasteiger partial charge in [0, 0.05) is 6.54 Å². The zero-order valence-electron chi connectivity index (χ0n) is 6.84. The standard InChI is InChI=1S/C3H5NO3.C3H7NO2/c4-2(1-5)3(6)7;4-2-1-3(5)6/h1-2H,4H2,(H,6,7);1-2,4H2,(H,5,6).